The lowest BCUT2D eigenvalue weighted by Gasteiger charge is -2.13. The van der Waals surface area contributed by atoms with Gasteiger partial charge in [0.25, 0.3) is 5.91 Å². The molecule has 0 unspecified atom stereocenters. The molecule has 0 bridgehead atoms. The van der Waals surface area contributed by atoms with Gasteiger partial charge < -0.3 is 10.1 Å². The zero-order chi connectivity index (χ0) is 19.3. The van der Waals surface area contributed by atoms with Crippen LogP contribution in [0.25, 0.3) is 0 Å². The van der Waals surface area contributed by atoms with Crippen LogP contribution in [0.3, 0.4) is 0 Å². The van der Waals surface area contributed by atoms with Gasteiger partial charge in [0.2, 0.25) is 10.0 Å². The quantitative estimate of drug-likeness (QED) is 0.737. The van der Waals surface area contributed by atoms with Crippen LogP contribution in [0, 0.1) is 0 Å². The Balaban J connectivity index is 1.69. The van der Waals surface area contributed by atoms with Gasteiger partial charge in [-0.2, -0.15) is 0 Å². The van der Waals surface area contributed by atoms with Crippen molar-refractivity contribution in [3.8, 4) is 0 Å². The third-order valence-electron chi connectivity index (χ3n) is 4.30. The molecule has 2 N–H and O–H groups in total. The minimum Gasteiger partial charge on any atom is -0.377 e. The molecular formula is C19H21ClN2O4S. The van der Waals surface area contributed by atoms with E-state index in [4.69, 9.17) is 16.3 Å². The van der Waals surface area contributed by atoms with E-state index in [9.17, 15) is 13.2 Å². The van der Waals surface area contributed by atoms with Crippen molar-refractivity contribution < 1.29 is 17.9 Å². The third-order valence-corrected chi connectivity index (χ3v) is 6.21. The van der Waals surface area contributed by atoms with E-state index in [2.05, 4.69) is 10.0 Å². The number of hydrogen-bond acceptors (Lipinski definition) is 4. The minimum atomic E-state index is -3.84. The van der Waals surface area contributed by atoms with E-state index < -0.39 is 10.0 Å². The van der Waals surface area contributed by atoms with Gasteiger partial charge in [-0.25, -0.2) is 13.1 Å². The molecule has 0 saturated carbocycles. The first-order valence-corrected chi connectivity index (χ1v) is 10.5. The number of sulfonamides is 1. The van der Waals surface area contributed by atoms with E-state index in [1.54, 1.807) is 0 Å². The highest BCUT2D eigenvalue weighted by atomic mass is 35.5. The molecule has 1 aliphatic rings. The molecule has 0 spiro atoms. The Hall–Kier alpha value is -1.93. The Bertz CT molecular complexity index is 897. The number of hydrogen-bond donors (Lipinski definition) is 2. The molecule has 1 heterocycles. The fourth-order valence-corrected chi connectivity index (χ4v) is 4.41. The Labute approximate surface area is 163 Å². The summed E-state index contributed by atoms with van der Waals surface area (Å²) in [4.78, 5) is 12.3. The standard InChI is InChI=1S/C19H21ClN2O4S/c20-17-9-8-15(19(23)21-12-14-5-2-1-3-6-14)11-18(17)27(24,25)22-13-16-7-4-10-26-16/h1-3,5-6,8-9,11,16,22H,4,7,10,12-13H2,(H,21,23)/t16-/m0/s1. The topological polar surface area (TPSA) is 84.5 Å². The summed E-state index contributed by atoms with van der Waals surface area (Å²) in [6.45, 7) is 1.18. The molecule has 144 valence electrons. The number of benzene rings is 2. The van der Waals surface area contributed by atoms with Gasteiger partial charge in [-0.3, -0.25) is 4.79 Å². The smallest absolute Gasteiger partial charge is 0.251 e. The monoisotopic (exact) mass is 408 g/mol. The molecule has 1 amide bonds. The molecular weight excluding hydrogens is 388 g/mol. The van der Waals surface area contributed by atoms with Crippen LogP contribution in [0.5, 0.6) is 0 Å². The molecule has 1 atom stereocenters. The van der Waals surface area contributed by atoms with Gasteiger partial charge >= 0.3 is 0 Å². The summed E-state index contributed by atoms with van der Waals surface area (Å²) in [5, 5.41) is 2.84. The lowest BCUT2D eigenvalue weighted by Crippen LogP contribution is -2.32. The average Bonchev–Trinajstić information content (AvgIpc) is 3.19. The zero-order valence-electron chi connectivity index (χ0n) is 14.7. The highest BCUT2D eigenvalue weighted by molar-refractivity contribution is 7.89. The van der Waals surface area contributed by atoms with Crippen LogP contribution in [0.15, 0.2) is 53.4 Å². The number of carbonyl (C=O) groups is 1. The number of rotatable bonds is 7. The van der Waals surface area contributed by atoms with Crippen LogP contribution in [0.4, 0.5) is 0 Å². The summed E-state index contributed by atoms with van der Waals surface area (Å²) in [5.41, 5.74) is 1.18. The molecule has 1 saturated heterocycles. The maximum absolute atomic E-state index is 12.6. The molecule has 0 radical (unpaired) electrons. The number of carbonyl (C=O) groups excluding carboxylic acids is 1. The summed E-state index contributed by atoms with van der Waals surface area (Å²) in [6, 6.07) is 13.7. The van der Waals surface area contributed by atoms with E-state index in [0.29, 0.717) is 13.2 Å². The fraction of sp³-hybridized carbons (Fsp3) is 0.316. The summed E-state index contributed by atoms with van der Waals surface area (Å²) in [6.07, 6.45) is 1.61. The molecule has 1 fully saturated rings. The van der Waals surface area contributed by atoms with Crippen LogP contribution in [-0.4, -0.2) is 33.6 Å². The largest absolute Gasteiger partial charge is 0.377 e. The van der Waals surface area contributed by atoms with E-state index >= 15 is 0 Å². The van der Waals surface area contributed by atoms with E-state index in [1.807, 2.05) is 30.3 Å². The molecule has 6 nitrogen and oxygen atoms in total. The van der Waals surface area contributed by atoms with Gasteiger partial charge in [-0.1, -0.05) is 41.9 Å². The van der Waals surface area contributed by atoms with Crippen LogP contribution in [-0.2, 0) is 21.3 Å². The van der Waals surface area contributed by atoms with Crippen molar-refractivity contribution >= 4 is 27.5 Å². The first kappa shape index (κ1) is 19.8. The SMILES string of the molecule is O=C(NCc1ccccc1)c1ccc(Cl)c(S(=O)(=O)NC[C@@H]2CCCO2)c1. The third kappa shape index (κ3) is 5.29. The molecule has 27 heavy (non-hydrogen) atoms. The molecule has 0 aliphatic carbocycles. The maximum atomic E-state index is 12.6. The van der Waals surface area contributed by atoms with Crippen LogP contribution in [0.1, 0.15) is 28.8 Å². The fourth-order valence-electron chi connectivity index (χ4n) is 2.82. The Morgan fingerprint density at radius 3 is 2.67 bits per heavy atom. The lowest BCUT2D eigenvalue weighted by molar-refractivity contribution is 0.0950. The number of nitrogens with one attached hydrogen (secondary N) is 2. The van der Waals surface area contributed by atoms with E-state index in [1.165, 1.54) is 18.2 Å². The van der Waals surface area contributed by atoms with Gasteiger partial charge in [0, 0.05) is 25.3 Å². The van der Waals surface area contributed by atoms with Gasteiger partial charge in [-0.15, -0.1) is 0 Å². The Kier molecular flexibility index (Phi) is 6.49. The van der Waals surface area contributed by atoms with Crippen molar-refractivity contribution in [3.05, 3.63) is 64.7 Å². The number of halogens is 1. The predicted octanol–water partition coefficient (Wildman–Crippen LogP) is 2.73. The summed E-state index contributed by atoms with van der Waals surface area (Å²) in [7, 11) is -3.84. The second-order valence-electron chi connectivity index (χ2n) is 6.30. The molecule has 1 aliphatic heterocycles. The van der Waals surface area contributed by atoms with Gasteiger partial charge in [-0.05, 0) is 36.6 Å². The highest BCUT2D eigenvalue weighted by Crippen LogP contribution is 2.23. The first-order chi connectivity index (χ1) is 13.0. The predicted molar refractivity (Wildman–Crippen MR) is 103 cm³/mol. The molecule has 2 aromatic rings. The summed E-state index contributed by atoms with van der Waals surface area (Å²) in [5.74, 6) is -0.369. The Morgan fingerprint density at radius 2 is 1.96 bits per heavy atom. The normalized spacial score (nSPS) is 17.0. The molecule has 0 aromatic heterocycles. The lowest BCUT2D eigenvalue weighted by atomic mass is 10.2. The number of amides is 1. The van der Waals surface area contributed by atoms with Crippen molar-refractivity contribution in [3.63, 3.8) is 0 Å². The van der Waals surface area contributed by atoms with Crippen molar-refractivity contribution in [2.45, 2.75) is 30.4 Å². The van der Waals surface area contributed by atoms with Gasteiger partial charge in [0.15, 0.2) is 0 Å². The Morgan fingerprint density at radius 1 is 1.19 bits per heavy atom. The average molecular weight is 409 g/mol. The van der Waals surface area contributed by atoms with Gasteiger partial charge in [0.05, 0.1) is 11.1 Å². The van der Waals surface area contributed by atoms with Gasteiger partial charge in [0.1, 0.15) is 4.90 Å². The molecule has 3 rings (SSSR count). The minimum absolute atomic E-state index is 0.0643. The van der Waals surface area contributed by atoms with Crippen LogP contribution < -0.4 is 10.0 Å². The van der Waals surface area contributed by atoms with Crippen molar-refractivity contribution in [2.24, 2.45) is 0 Å². The number of ether oxygens (including phenoxy) is 1. The molecule has 8 heteroatoms. The van der Waals surface area contributed by atoms with Crippen LogP contribution >= 0.6 is 11.6 Å². The van der Waals surface area contributed by atoms with Crippen molar-refractivity contribution in [1.29, 1.82) is 0 Å². The second-order valence-corrected chi connectivity index (χ2v) is 8.44. The highest BCUT2D eigenvalue weighted by Gasteiger charge is 2.23. The van der Waals surface area contributed by atoms with E-state index in [-0.39, 0.29) is 34.0 Å². The van der Waals surface area contributed by atoms with Crippen LogP contribution in [0.2, 0.25) is 5.02 Å². The second kappa shape index (κ2) is 8.84. The van der Waals surface area contributed by atoms with Crippen molar-refractivity contribution in [1.82, 2.24) is 10.0 Å². The zero-order valence-corrected chi connectivity index (χ0v) is 16.2. The van der Waals surface area contributed by atoms with Crippen molar-refractivity contribution in [2.75, 3.05) is 13.2 Å². The summed E-state index contributed by atoms with van der Waals surface area (Å²) >= 11 is 6.07. The van der Waals surface area contributed by atoms with E-state index in [0.717, 1.165) is 18.4 Å². The summed E-state index contributed by atoms with van der Waals surface area (Å²) < 4.78 is 33.1. The maximum Gasteiger partial charge on any atom is 0.251 e. The first-order valence-electron chi connectivity index (χ1n) is 8.68. The molecule has 2 aromatic carbocycles.